The van der Waals surface area contributed by atoms with Gasteiger partial charge < -0.3 is 19.6 Å². The fraction of sp³-hybridized carbons (Fsp3) is 0.133. The number of nitrogens with zero attached hydrogens (tertiary/aromatic N) is 1. The zero-order chi connectivity index (χ0) is 15.0. The lowest BCUT2D eigenvalue weighted by Gasteiger charge is -2.07. The second kappa shape index (κ2) is 5.18. The molecule has 5 nitrogen and oxygen atoms in total. The predicted molar refractivity (Wildman–Crippen MR) is 82.0 cm³/mol. The van der Waals surface area contributed by atoms with Crippen LogP contribution in [0.2, 0.25) is 5.02 Å². The standard InChI is InChI=1S/C15H13ClN2O3/c1-19-12-4-3-8(5-14(12)20-2)15-18-11-6-9(16)10(17)7-13(11)21-15/h3-7H,17H2,1-2H3. The Morgan fingerprint density at radius 3 is 2.57 bits per heavy atom. The van der Waals surface area contributed by atoms with Crippen LogP contribution in [0.4, 0.5) is 5.69 Å². The van der Waals surface area contributed by atoms with Crippen LogP contribution in [0.3, 0.4) is 0 Å². The average Bonchev–Trinajstić information content (AvgIpc) is 2.89. The van der Waals surface area contributed by atoms with E-state index < -0.39 is 0 Å². The Balaban J connectivity index is 2.12. The molecule has 0 amide bonds. The molecule has 0 spiro atoms. The number of ether oxygens (including phenoxy) is 2. The van der Waals surface area contributed by atoms with Crippen molar-refractivity contribution in [1.82, 2.24) is 4.98 Å². The van der Waals surface area contributed by atoms with E-state index in [1.165, 1.54) is 0 Å². The van der Waals surface area contributed by atoms with Gasteiger partial charge in [0.15, 0.2) is 17.1 Å². The van der Waals surface area contributed by atoms with Gasteiger partial charge in [-0.05, 0) is 24.3 Å². The number of benzene rings is 2. The maximum Gasteiger partial charge on any atom is 0.227 e. The van der Waals surface area contributed by atoms with Crippen LogP contribution >= 0.6 is 11.6 Å². The number of hydrogen-bond acceptors (Lipinski definition) is 5. The molecule has 0 atom stereocenters. The number of anilines is 1. The summed E-state index contributed by atoms with van der Waals surface area (Å²) in [6.45, 7) is 0. The number of nitrogens with two attached hydrogens (primary N) is 1. The average molecular weight is 305 g/mol. The fourth-order valence-corrected chi connectivity index (χ4v) is 2.21. The van der Waals surface area contributed by atoms with E-state index in [4.69, 9.17) is 31.2 Å². The van der Waals surface area contributed by atoms with Crippen molar-refractivity contribution >= 4 is 28.4 Å². The SMILES string of the molecule is COc1ccc(-c2nc3cc(Cl)c(N)cc3o2)cc1OC. The molecule has 0 aliphatic carbocycles. The third-order valence-corrected chi connectivity index (χ3v) is 3.46. The Kier molecular flexibility index (Phi) is 3.35. The first-order chi connectivity index (χ1) is 10.1. The van der Waals surface area contributed by atoms with Gasteiger partial charge in [-0.2, -0.15) is 0 Å². The summed E-state index contributed by atoms with van der Waals surface area (Å²) >= 11 is 5.99. The lowest BCUT2D eigenvalue weighted by atomic mass is 10.2. The largest absolute Gasteiger partial charge is 0.493 e. The first-order valence-electron chi connectivity index (χ1n) is 6.20. The summed E-state index contributed by atoms with van der Waals surface area (Å²) in [7, 11) is 3.16. The molecule has 0 aliphatic heterocycles. The van der Waals surface area contributed by atoms with Gasteiger partial charge in [-0.25, -0.2) is 4.98 Å². The van der Waals surface area contributed by atoms with Gasteiger partial charge in [0, 0.05) is 11.6 Å². The van der Waals surface area contributed by atoms with Gasteiger partial charge in [-0.1, -0.05) is 11.6 Å². The highest BCUT2D eigenvalue weighted by Crippen LogP contribution is 2.34. The van der Waals surface area contributed by atoms with Crippen LogP contribution in [-0.4, -0.2) is 19.2 Å². The summed E-state index contributed by atoms with van der Waals surface area (Å²) in [5, 5.41) is 0.453. The lowest BCUT2D eigenvalue weighted by molar-refractivity contribution is 0.355. The van der Waals surface area contributed by atoms with E-state index in [9.17, 15) is 0 Å². The second-order valence-electron chi connectivity index (χ2n) is 4.43. The van der Waals surface area contributed by atoms with Crippen LogP contribution in [-0.2, 0) is 0 Å². The van der Waals surface area contributed by atoms with Crippen molar-refractivity contribution in [2.45, 2.75) is 0 Å². The van der Waals surface area contributed by atoms with Gasteiger partial charge in [0.2, 0.25) is 5.89 Å². The molecule has 3 aromatic rings. The number of fused-ring (bicyclic) bond motifs is 1. The summed E-state index contributed by atoms with van der Waals surface area (Å²) in [6.07, 6.45) is 0. The normalized spacial score (nSPS) is 10.8. The molecule has 0 radical (unpaired) electrons. The van der Waals surface area contributed by atoms with Gasteiger partial charge in [-0.15, -0.1) is 0 Å². The van der Waals surface area contributed by atoms with Crippen molar-refractivity contribution in [3.05, 3.63) is 35.4 Å². The zero-order valence-electron chi connectivity index (χ0n) is 11.5. The zero-order valence-corrected chi connectivity index (χ0v) is 12.3. The summed E-state index contributed by atoms with van der Waals surface area (Å²) < 4.78 is 16.2. The first kappa shape index (κ1) is 13.6. The predicted octanol–water partition coefficient (Wildman–Crippen LogP) is 3.75. The Bertz CT molecular complexity index is 775. The summed E-state index contributed by atoms with van der Waals surface area (Å²) in [4.78, 5) is 4.41. The molecular formula is C15H13ClN2O3. The topological polar surface area (TPSA) is 70.5 Å². The Morgan fingerprint density at radius 2 is 1.86 bits per heavy atom. The molecule has 2 N–H and O–H groups in total. The van der Waals surface area contributed by atoms with E-state index in [-0.39, 0.29) is 0 Å². The fourth-order valence-electron chi connectivity index (χ4n) is 2.06. The number of oxazole rings is 1. The molecule has 0 unspecified atom stereocenters. The molecule has 0 saturated carbocycles. The van der Waals surface area contributed by atoms with Crippen LogP contribution < -0.4 is 15.2 Å². The van der Waals surface area contributed by atoms with Crippen molar-refractivity contribution in [2.75, 3.05) is 20.0 Å². The highest BCUT2D eigenvalue weighted by Gasteiger charge is 2.13. The van der Waals surface area contributed by atoms with Crippen molar-refractivity contribution in [3.8, 4) is 23.0 Å². The van der Waals surface area contributed by atoms with E-state index in [1.54, 1.807) is 38.5 Å². The minimum absolute atomic E-state index is 0.453. The van der Waals surface area contributed by atoms with Crippen LogP contribution in [0.5, 0.6) is 11.5 Å². The molecule has 0 bridgehead atoms. The van der Waals surface area contributed by atoms with Crippen LogP contribution in [0.15, 0.2) is 34.7 Å². The quantitative estimate of drug-likeness (QED) is 0.746. The number of hydrogen-bond donors (Lipinski definition) is 1. The molecule has 108 valence electrons. The number of methoxy groups -OCH3 is 2. The van der Waals surface area contributed by atoms with E-state index in [0.29, 0.717) is 39.2 Å². The van der Waals surface area contributed by atoms with Crippen molar-refractivity contribution < 1.29 is 13.9 Å². The Hall–Kier alpha value is -2.40. The summed E-state index contributed by atoms with van der Waals surface area (Å²) in [5.74, 6) is 1.71. The first-order valence-corrected chi connectivity index (χ1v) is 6.58. The maximum atomic E-state index is 5.99. The molecule has 21 heavy (non-hydrogen) atoms. The van der Waals surface area contributed by atoms with Gasteiger partial charge in [-0.3, -0.25) is 0 Å². The highest BCUT2D eigenvalue weighted by molar-refractivity contribution is 6.33. The highest BCUT2D eigenvalue weighted by atomic mass is 35.5. The molecule has 0 saturated heterocycles. The molecular weight excluding hydrogens is 292 g/mol. The number of nitrogen functional groups attached to an aromatic ring is 1. The molecule has 6 heteroatoms. The third-order valence-electron chi connectivity index (χ3n) is 3.14. The summed E-state index contributed by atoms with van der Waals surface area (Å²) in [6, 6.07) is 8.78. The van der Waals surface area contributed by atoms with Crippen LogP contribution in [0.1, 0.15) is 0 Å². The van der Waals surface area contributed by atoms with E-state index in [1.807, 2.05) is 6.07 Å². The smallest absolute Gasteiger partial charge is 0.227 e. The van der Waals surface area contributed by atoms with Crippen LogP contribution in [0, 0.1) is 0 Å². The molecule has 0 aliphatic rings. The minimum atomic E-state index is 0.453. The Labute approximate surface area is 126 Å². The monoisotopic (exact) mass is 304 g/mol. The molecule has 2 aromatic carbocycles. The number of rotatable bonds is 3. The third kappa shape index (κ3) is 2.36. The van der Waals surface area contributed by atoms with E-state index in [0.717, 1.165) is 5.56 Å². The van der Waals surface area contributed by atoms with E-state index >= 15 is 0 Å². The van der Waals surface area contributed by atoms with Crippen molar-refractivity contribution in [2.24, 2.45) is 0 Å². The Morgan fingerprint density at radius 1 is 1.10 bits per heavy atom. The molecule has 1 aromatic heterocycles. The number of halogens is 1. The molecule has 0 fully saturated rings. The van der Waals surface area contributed by atoms with Crippen molar-refractivity contribution in [3.63, 3.8) is 0 Å². The van der Waals surface area contributed by atoms with E-state index in [2.05, 4.69) is 4.98 Å². The van der Waals surface area contributed by atoms with Gasteiger partial charge >= 0.3 is 0 Å². The second-order valence-corrected chi connectivity index (χ2v) is 4.84. The lowest BCUT2D eigenvalue weighted by Crippen LogP contribution is -1.90. The molecule has 1 heterocycles. The molecule has 3 rings (SSSR count). The van der Waals surface area contributed by atoms with Crippen molar-refractivity contribution in [1.29, 1.82) is 0 Å². The van der Waals surface area contributed by atoms with Gasteiger partial charge in [0.25, 0.3) is 0 Å². The number of aromatic nitrogens is 1. The van der Waals surface area contributed by atoms with Gasteiger partial charge in [0.1, 0.15) is 5.52 Å². The minimum Gasteiger partial charge on any atom is -0.493 e. The van der Waals surface area contributed by atoms with Gasteiger partial charge in [0.05, 0.1) is 24.9 Å². The maximum absolute atomic E-state index is 5.99. The van der Waals surface area contributed by atoms with Crippen LogP contribution in [0.25, 0.3) is 22.6 Å². The summed E-state index contributed by atoms with van der Waals surface area (Å²) in [5.41, 5.74) is 8.23.